The van der Waals surface area contributed by atoms with Gasteiger partial charge in [-0.25, -0.2) is 4.79 Å². The average molecular weight is 284 g/mol. The van der Waals surface area contributed by atoms with Crippen LogP contribution in [0.1, 0.15) is 24.2 Å². The van der Waals surface area contributed by atoms with E-state index in [0.717, 1.165) is 4.47 Å². The van der Waals surface area contributed by atoms with Gasteiger partial charge in [0.2, 0.25) is 0 Å². The van der Waals surface area contributed by atoms with Crippen LogP contribution in [0, 0.1) is 0 Å². The van der Waals surface area contributed by atoms with E-state index in [1.807, 2.05) is 19.9 Å². The first-order valence-electron chi connectivity index (χ1n) is 4.91. The number of halogens is 1. The van der Waals surface area contributed by atoms with Crippen LogP contribution in [-0.2, 0) is 0 Å². The topological polar surface area (TPSA) is 49.3 Å². The highest BCUT2D eigenvalue weighted by Gasteiger charge is 2.09. The van der Waals surface area contributed by atoms with Crippen LogP contribution in [0.5, 0.6) is 0 Å². The zero-order chi connectivity index (χ0) is 12.1. The zero-order valence-corrected chi connectivity index (χ0v) is 10.8. The molecule has 1 aromatic carbocycles. The Morgan fingerprint density at radius 1 is 1.50 bits per heavy atom. The molecule has 0 bridgehead atoms. The molecule has 0 atom stereocenters. The molecular formula is C12H14BrNO2. The molecule has 0 heterocycles. The first-order valence-corrected chi connectivity index (χ1v) is 5.70. The molecule has 16 heavy (non-hydrogen) atoms. The van der Waals surface area contributed by atoms with Crippen molar-refractivity contribution in [2.75, 3.05) is 11.9 Å². The van der Waals surface area contributed by atoms with Crippen LogP contribution < -0.4 is 5.32 Å². The summed E-state index contributed by atoms with van der Waals surface area (Å²) in [5, 5.41) is 12.1. The molecule has 1 rings (SSSR count). The number of allylic oxidation sites excluding steroid dienone is 1. The molecule has 3 nitrogen and oxygen atoms in total. The van der Waals surface area contributed by atoms with Crippen molar-refractivity contribution >= 4 is 27.6 Å². The largest absolute Gasteiger partial charge is 0.478 e. The number of aromatic carboxylic acids is 1. The van der Waals surface area contributed by atoms with Crippen molar-refractivity contribution in [2.45, 2.75) is 13.8 Å². The van der Waals surface area contributed by atoms with Gasteiger partial charge in [-0.3, -0.25) is 0 Å². The Hall–Kier alpha value is -1.29. The standard InChI is InChI=1S/C12H14BrNO2/c1-8(2)5-6-14-11-7-9(13)3-4-10(11)12(15)16/h3-5,7,14H,6H2,1-2H3,(H,15,16). The minimum Gasteiger partial charge on any atom is -0.478 e. The molecule has 0 amide bonds. The van der Waals surface area contributed by atoms with E-state index >= 15 is 0 Å². The quantitative estimate of drug-likeness (QED) is 0.832. The molecule has 4 heteroatoms. The van der Waals surface area contributed by atoms with Crippen LogP contribution in [0.25, 0.3) is 0 Å². The summed E-state index contributed by atoms with van der Waals surface area (Å²) in [6.45, 7) is 4.63. The molecule has 86 valence electrons. The molecule has 0 unspecified atom stereocenters. The maximum atomic E-state index is 11.0. The van der Waals surface area contributed by atoms with Gasteiger partial charge < -0.3 is 10.4 Å². The molecule has 0 aliphatic rings. The molecule has 0 saturated carbocycles. The van der Waals surface area contributed by atoms with E-state index in [4.69, 9.17) is 5.11 Å². The molecule has 0 aliphatic carbocycles. The Labute approximate surface area is 103 Å². The molecule has 2 N–H and O–H groups in total. The number of carbonyl (C=O) groups is 1. The van der Waals surface area contributed by atoms with E-state index in [-0.39, 0.29) is 5.56 Å². The van der Waals surface area contributed by atoms with E-state index < -0.39 is 5.97 Å². The summed E-state index contributed by atoms with van der Waals surface area (Å²) < 4.78 is 0.859. The molecular weight excluding hydrogens is 270 g/mol. The average Bonchev–Trinajstić information content (AvgIpc) is 2.16. The lowest BCUT2D eigenvalue weighted by atomic mass is 10.2. The van der Waals surface area contributed by atoms with Gasteiger partial charge in [-0.2, -0.15) is 0 Å². The molecule has 0 radical (unpaired) electrons. The van der Waals surface area contributed by atoms with Crippen molar-refractivity contribution in [1.29, 1.82) is 0 Å². The van der Waals surface area contributed by atoms with Gasteiger partial charge in [-0.05, 0) is 32.0 Å². The predicted octanol–water partition coefficient (Wildman–Crippen LogP) is 3.53. The van der Waals surface area contributed by atoms with Crippen LogP contribution in [-0.4, -0.2) is 17.6 Å². The molecule has 1 aromatic rings. The van der Waals surface area contributed by atoms with E-state index in [9.17, 15) is 4.79 Å². The Morgan fingerprint density at radius 2 is 2.19 bits per heavy atom. The number of benzene rings is 1. The van der Waals surface area contributed by atoms with Crippen molar-refractivity contribution in [3.63, 3.8) is 0 Å². The van der Waals surface area contributed by atoms with Crippen LogP contribution in [0.3, 0.4) is 0 Å². The number of nitrogens with one attached hydrogen (secondary N) is 1. The van der Waals surface area contributed by atoms with Gasteiger partial charge in [-0.1, -0.05) is 27.6 Å². The SMILES string of the molecule is CC(C)=CCNc1cc(Br)ccc1C(=O)O. The summed E-state index contributed by atoms with van der Waals surface area (Å²) in [6, 6.07) is 5.06. The van der Waals surface area contributed by atoms with Crippen molar-refractivity contribution in [3.8, 4) is 0 Å². The third kappa shape index (κ3) is 3.70. The molecule has 0 aromatic heterocycles. The van der Waals surface area contributed by atoms with Gasteiger partial charge in [0.25, 0.3) is 0 Å². The van der Waals surface area contributed by atoms with E-state index in [1.54, 1.807) is 18.2 Å². The number of hydrogen-bond acceptors (Lipinski definition) is 2. The first kappa shape index (κ1) is 12.8. The lowest BCUT2D eigenvalue weighted by Gasteiger charge is -2.08. The van der Waals surface area contributed by atoms with Gasteiger partial charge in [0.1, 0.15) is 0 Å². The third-order valence-corrected chi connectivity index (χ3v) is 2.51. The number of rotatable bonds is 4. The Bertz CT molecular complexity index is 423. The van der Waals surface area contributed by atoms with E-state index in [0.29, 0.717) is 12.2 Å². The van der Waals surface area contributed by atoms with Crippen LogP contribution in [0.15, 0.2) is 34.3 Å². The smallest absolute Gasteiger partial charge is 0.337 e. The number of carboxylic acids is 1. The maximum Gasteiger partial charge on any atom is 0.337 e. The third-order valence-electron chi connectivity index (χ3n) is 2.01. The van der Waals surface area contributed by atoms with Crippen LogP contribution >= 0.6 is 15.9 Å². The summed E-state index contributed by atoms with van der Waals surface area (Å²) >= 11 is 3.32. The van der Waals surface area contributed by atoms with Gasteiger partial charge in [-0.15, -0.1) is 0 Å². The van der Waals surface area contributed by atoms with Crippen molar-refractivity contribution in [2.24, 2.45) is 0 Å². The van der Waals surface area contributed by atoms with Crippen molar-refractivity contribution in [3.05, 3.63) is 39.9 Å². The van der Waals surface area contributed by atoms with Gasteiger partial charge in [0, 0.05) is 11.0 Å². The fraction of sp³-hybridized carbons (Fsp3) is 0.250. The lowest BCUT2D eigenvalue weighted by molar-refractivity contribution is 0.0698. The fourth-order valence-corrected chi connectivity index (χ4v) is 1.58. The zero-order valence-electron chi connectivity index (χ0n) is 9.25. The monoisotopic (exact) mass is 283 g/mol. The molecule has 0 saturated heterocycles. The summed E-state index contributed by atoms with van der Waals surface area (Å²) in [4.78, 5) is 11.0. The Morgan fingerprint density at radius 3 is 2.75 bits per heavy atom. The number of carboxylic acid groups (broad SMARTS) is 1. The van der Waals surface area contributed by atoms with Gasteiger partial charge >= 0.3 is 5.97 Å². The second-order valence-electron chi connectivity index (χ2n) is 3.66. The molecule has 0 spiro atoms. The normalized spacial score (nSPS) is 9.69. The summed E-state index contributed by atoms with van der Waals surface area (Å²) in [5.74, 6) is -0.924. The number of hydrogen-bond donors (Lipinski definition) is 2. The van der Waals surface area contributed by atoms with E-state index in [1.165, 1.54) is 5.57 Å². The fourth-order valence-electron chi connectivity index (χ4n) is 1.21. The van der Waals surface area contributed by atoms with Crippen LogP contribution in [0.2, 0.25) is 0 Å². The highest BCUT2D eigenvalue weighted by molar-refractivity contribution is 9.10. The van der Waals surface area contributed by atoms with Crippen molar-refractivity contribution < 1.29 is 9.90 Å². The Balaban J connectivity index is 2.88. The van der Waals surface area contributed by atoms with Gasteiger partial charge in [0.05, 0.1) is 11.3 Å². The van der Waals surface area contributed by atoms with Crippen LogP contribution in [0.4, 0.5) is 5.69 Å². The highest BCUT2D eigenvalue weighted by atomic mass is 79.9. The number of anilines is 1. The second kappa shape index (κ2) is 5.70. The minimum absolute atomic E-state index is 0.283. The summed E-state index contributed by atoms with van der Waals surface area (Å²) in [7, 11) is 0. The second-order valence-corrected chi connectivity index (χ2v) is 4.57. The minimum atomic E-state index is -0.924. The summed E-state index contributed by atoms with van der Waals surface area (Å²) in [6.07, 6.45) is 2.01. The summed E-state index contributed by atoms with van der Waals surface area (Å²) in [5.41, 5.74) is 2.10. The molecule has 0 aliphatic heterocycles. The predicted molar refractivity (Wildman–Crippen MR) is 69.0 cm³/mol. The van der Waals surface area contributed by atoms with Crippen molar-refractivity contribution in [1.82, 2.24) is 0 Å². The van der Waals surface area contributed by atoms with E-state index in [2.05, 4.69) is 21.2 Å². The Kier molecular flexibility index (Phi) is 4.55. The lowest BCUT2D eigenvalue weighted by Crippen LogP contribution is -2.06. The molecule has 0 fully saturated rings. The highest BCUT2D eigenvalue weighted by Crippen LogP contribution is 2.21. The maximum absolute atomic E-state index is 11.0. The van der Waals surface area contributed by atoms with Gasteiger partial charge in [0.15, 0.2) is 0 Å². The first-order chi connectivity index (χ1) is 7.50.